The number of hydrogen-bond acceptors (Lipinski definition) is 4. The van der Waals surface area contributed by atoms with Gasteiger partial charge >= 0.3 is 5.97 Å². The Bertz CT molecular complexity index is 551. The quantitative estimate of drug-likeness (QED) is 0.267. The van der Waals surface area contributed by atoms with Gasteiger partial charge in [-0.2, -0.15) is 0 Å². The van der Waals surface area contributed by atoms with Crippen LogP contribution in [0.3, 0.4) is 0 Å². The minimum Gasteiger partial charge on any atom is -0.504 e. The van der Waals surface area contributed by atoms with Crippen LogP contribution in [0.25, 0.3) is 0 Å². The predicted molar refractivity (Wildman–Crippen MR) is 106 cm³/mol. The highest BCUT2D eigenvalue weighted by Gasteiger charge is 2.08. The molecule has 0 radical (unpaired) electrons. The number of carbonyl (C=O) groups is 1. The van der Waals surface area contributed by atoms with Crippen LogP contribution >= 0.6 is 0 Å². The van der Waals surface area contributed by atoms with Crippen LogP contribution in [0.15, 0.2) is 30.4 Å². The molecule has 1 rings (SSSR count). The number of benzene rings is 1. The fourth-order valence-corrected chi connectivity index (χ4v) is 2.69. The first-order chi connectivity index (χ1) is 12.6. The molecule has 0 bridgehead atoms. The van der Waals surface area contributed by atoms with E-state index in [1.807, 2.05) is 12.1 Å². The highest BCUT2D eigenvalue weighted by molar-refractivity contribution is 5.86. The summed E-state index contributed by atoms with van der Waals surface area (Å²) in [4.78, 5) is 11.3. The first-order valence-corrected chi connectivity index (χ1v) is 9.82. The van der Waals surface area contributed by atoms with Crippen molar-refractivity contribution in [2.24, 2.45) is 0 Å². The summed E-state index contributed by atoms with van der Waals surface area (Å²) in [5.74, 6) is 0.346. The van der Waals surface area contributed by atoms with Gasteiger partial charge in [0.1, 0.15) is 0 Å². The molecular formula is C22H34O4. The van der Waals surface area contributed by atoms with Gasteiger partial charge in [-0.3, -0.25) is 0 Å². The van der Waals surface area contributed by atoms with Crippen LogP contribution in [-0.4, -0.2) is 24.3 Å². The lowest BCUT2D eigenvalue weighted by Gasteiger charge is -2.11. The monoisotopic (exact) mass is 362 g/mol. The summed E-state index contributed by atoms with van der Waals surface area (Å²) >= 11 is 0. The average molecular weight is 363 g/mol. The highest BCUT2D eigenvalue weighted by atomic mass is 16.5. The average Bonchev–Trinajstić information content (AvgIpc) is 2.62. The van der Waals surface area contributed by atoms with E-state index in [-0.39, 0.29) is 18.3 Å². The van der Waals surface area contributed by atoms with Crippen LogP contribution in [-0.2, 0) is 16.0 Å². The van der Waals surface area contributed by atoms with Crippen molar-refractivity contribution in [2.75, 3.05) is 13.2 Å². The van der Waals surface area contributed by atoms with E-state index < -0.39 is 0 Å². The smallest absolute Gasteiger partial charge is 0.333 e. The molecule has 1 aromatic carbocycles. The summed E-state index contributed by atoms with van der Waals surface area (Å²) in [7, 11) is 0. The molecule has 4 nitrogen and oxygen atoms in total. The van der Waals surface area contributed by atoms with Gasteiger partial charge in [-0.1, -0.05) is 64.2 Å². The van der Waals surface area contributed by atoms with Gasteiger partial charge < -0.3 is 14.6 Å². The van der Waals surface area contributed by atoms with E-state index in [0.29, 0.717) is 24.4 Å². The molecule has 1 aromatic rings. The maximum Gasteiger partial charge on any atom is 0.333 e. The van der Waals surface area contributed by atoms with Crippen molar-refractivity contribution in [1.82, 2.24) is 0 Å². The van der Waals surface area contributed by atoms with Crippen molar-refractivity contribution >= 4 is 5.97 Å². The fraction of sp³-hybridized carbons (Fsp3) is 0.591. The standard InChI is InChI=1S/C22H34O4/c1-4-5-6-7-8-9-10-13-19-14-11-15-20(21(19)23)25-16-12-17-26-22(24)18(2)3/h11,14-15,23H,2,4-10,12-13,16-17H2,1,3H3. The van der Waals surface area contributed by atoms with Crippen LogP contribution in [0.5, 0.6) is 11.5 Å². The Labute approximate surface area is 158 Å². The number of carbonyl (C=O) groups excluding carboxylic acids is 1. The molecule has 0 saturated heterocycles. The van der Waals surface area contributed by atoms with Crippen molar-refractivity contribution in [3.05, 3.63) is 35.9 Å². The Morgan fingerprint density at radius 3 is 2.42 bits per heavy atom. The zero-order chi connectivity index (χ0) is 19.2. The Hall–Kier alpha value is -1.97. The molecule has 26 heavy (non-hydrogen) atoms. The van der Waals surface area contributed by atoms with Gasteiger partial charge in [0.2, 0.25) is 0 Å². The first kappa shape index (κ1) is 22.1. The van der Waals surface area contributed by atoms with Gasteiger partial charge in [-0.05, 0) is 31.4 Å². The molecule has 0 aliphatic heterocycles. The molecule has 0 saturated carbocycles. The van der Waals surface area contributed by atoms with Crippen molar-refractivity contribution in [1.29, 1.82) is 0 Å². The molecular weight excluding hydrogens is 328 g/mol. The van der Waals surface area contributed by atoms with Gasteiger partial charge in [-0.25, -0.2) is 4.79 Å². The Morgan fingerprint density at radius 1 is 1.04 bits per heavy atom. The molecule has 0 unspecified atom stereocenters. The van der Waals surface area contributed by atoms with Gasteiger partial charge in [0.15, 0.2) is 11.5 Å². The fourth-order valence-electron chi connectivity index (χ4n) is 2.69. The van der Waals surface area contributed by atoms with Crippen LogP contribution < -0.4 is 4.74 Å². The summed E-state index contributed by atoms with van der Waals surface area (Å²) in [6.07, 6.45) is 10.2. The lowest BCUT2D eigenvalue weighted by molar-refractivity contribution is -0.139. The van der Waals surface area contributed by atoms with Gasteiger partial charge in [-0.15, -0.1) is 0 Å². The maximum absolute atomic E-state index is 11.3. The summed E-state index contributed by atoms with van der Waals surface area (Å²) in [5.41, 5.74) is 1.33. The van der Waals surface area contributed by atoms with Crippen LogP contribution in [0.1, 0.15) is 70.8 Å². The minimum absolute atomic E-state index is 0.234. The molecule has 0 spiro atoms. The molecule has 0 heterocycles. The highest BCUT2D eigenvalue weighted by Crippen LogP contribution is 2.31. The predicted octanol–water partition coefficient (Wildman–Crippen LogP) is 5.57. The number of para-hydroxylation sites is 1. The number of ether oxygens (including phenoxy) is 2. The molecule has 4 heteroatoms. The van der Waals surface area contributed by atoms with Crippen molar-refractivity contribution in [2.45, 2.75) is 71.6 Å². The second-order valence-corrected chi connectivity index (χ2v) is 6.75. The number of unbranched alkanes of at least 4 members (excludes halogenated alkanes) is 6. The molecule has 0 aliphatic rings. The summed E-state index contributed by atoms with van der Waals surface area (Å²) in [6.45, 7) is 8.05. The number of aryl methyl sites for hydroxylation is 1. The van der Waals surface area contributed by atoms with E-state index in [9.17, 15) is 9.90 Å². The minimum atomic E-state index is -0.385. The van der Waals surface area contributed by atoms with Crippen molar-refractivity contribution in [3.8, 4) is 11.5 Å². The first-order valence-electron chi connectivity index (χ1n) is 9.82. The normalized spacial score (nSPS) is 10.5. The van der Waals surface area contributed by atoms with E-state index in [2.05, 4.69) is 13.5 Å². The zero-order valence-electron chi connectivity index (χ0n) is 16.4. The maximum atomic E-state index is 11.3. The Morgan fingerprint density at radius 2 is 1.73 bits per heavy atom. The van der Waals surface area contributed by atoms with E-state index in [0.717, 1.165) is 18.4 Å². The molecule has 0 aliphatic carbocycles. The Kier molecular flexibility index (Phi) is 11.3. The Balaban J connectivity index is 2.28. The second-order valence-electron chi connectivity index (χ2n) is 6.75. The lowest BCUT2D eigenvalue weighted by Crippen LogP contribution is -2.09. The molecule has 146 valence electrons. The summed E-state index contributed by atoms with van der Waals surface area (Å²) in [6, 6.07) is 5.63. The summed E-state index contributed by atoms with van der Waals surface area (Å²) in [5, 5.41) is 10.4. The molecule has 0 atom stereocenters. The van der Waals surface area contributed by atoms with Gasteiger partial charge in [0, 0.05) is 12.0 Å². The molecule has 0 amide bonds. The largest absolute Gasteiger partial charge is 0.504 e. The second kappa shape index (κ2) is 13.3. The third-order valence-electron chi connectivity index (χ3n) is 4.26. The number of aromatic hydroxyl groups is 1. The number of phenolic OH excluding ortho intramolecular Hbond substituents is 1. The van der Waals surface area contributed by atoms with E-state index in [4.69, 9.17) is 9.47 Å². The van der Waals surface area contributed by atoms with E-state index in [1.165, 1.54) is 38.5 Å². The van der Waals surface area contributed by atoms with Crippen LogP contribution in [0.2, 0.25) is 0 Å². The zero-order valence-corrected chi connectivity index (χ0v) is 16.4. The molecule has 1 N–H and O–H groups in total. The third kappa shape index (κ3) is 8.93. The number of esters is 1. The number of phenols is 1. The van der Waals surface area contributed by atoms with Gasteiger partial charge in [0.25, 0.3) is 0 Å². The molecule has 0 fully saturated rings. The topological polar surface area (TPSA) is 55.8 Å². The van der Waals surface area contributed by atoms with Gasteiger partial charge in [0.05, 0.1) is 13.2 Å². The van der Waals surface area contributed by atoms with E-state index >= 15 is 0 Å². The van der Waals surface area contributed by atoms with Crippen LogP contribution in [0, 0.1) is 0 Å². The van der Waals surface area contributed by atoms with Crippen molar-refractivity contribution in [3.63, 3.8) is 0 Å². The number of rotatable bonds is 14. The lowest BCUT2D eigenvalue weighted by atomic mass is 10.0. The van der Waals surface area contributed by atoms with Crippen LogP contribution in [0.4, 0.5) is 0 Å². The van der Waals surface area contributed by atoms with Crippen molar-refractivity contribution < 1.29 is 19.4 Å². The molecule has 0 aromatic heterocycles. The summed E-state index contributed by atoms with van der Waals surface area (Å²) < 4.78 is 10.6. The number of hydrogen-bond donors (Lipinski definition) is 1. The van der Waals surface area contributed by atoms with E-state index in [1.54, 1.807) is 13.0 Å². The SMILES string of the molecule is C=C(C)C(=O)OCCCOc1cccc(CCCCCCCCC)c1O. The third-order valence-corrected chi connectivity index (χ3v) is 4.26.